The molecule has 0 amide bonds. The number of hydrogen-bond acceptors (Lipinski definition) is 3. The Hall–Kier alpha value is -1.55. The predicted molar refractivity (Wildman–Crippen MR) is 79.0 cm³/mol. The van der Waals surface area contributed by atoms with Gasteiger partial charge < -0.3 is 15.4 Å². The van der Waals surface area contributed by atoms with Crippen molar-refractivity contribution in [2.45, 2.75) is 52.2 Å². The summed E-state index contributed by atoms with van der Waals surface area (Å²) in [5.74, 6) is 0.707. The normalized spacial score (nSPS) is 13.9. The van der Waals surface area contributed by atoms with Gasteiger partial charge in [0, 0.05) is 11.2 Å². The minimum absolute atomic E-state index is 0.0774. The standard InChI is InChI=1S/C15H23N3O/c1-5-8-15(3,4)18-13-7-6-11(16)9-12(13)17-14(18)10(2)19/h6-7,9-10,19H,5,8,16H2,1-4H3. The second-order valence-electron chi connectivity index (χ2n) is 5.79. The van der Waals surface area contributed by atoms with Crippen LogP contribution < -0.4 is 5.73 Å². The second kappa shape index (κ2) is 4.85. The van der Waals surface area contributed by atoms with E-state index in [1.165, 1.54) is 0 Å². The van der Waals surface area contributed by atoms with E-state index in [0.717, 1.165) is 23.9 Å². The zero-order valence-electron chi connectivity index (χ0n) is 12.1. The average molecular weight is 261 g/mol. The van der Waals surface area contributed by atoms with Gasteiger partial charge in [-0.1, -0.05) is 13.3 Å². The van der Waals surface area contributed by atoms with E-state index in [0.29, 0.717) is 11.5 Å². The van der Waals surface area contributed by atoms with Crippen LogP contribution in [0, 0.1) is 0 Å². The molecular formula is C15H23N3O. The molecule has 0 aliphatic rings. The number of anilines is 1. The van der Waals surface area contributed by atoms with Gasteiger partial charge >= 0.3 is 0 Å². The van der Waals surface area contributed by atoms with Crippen LogP contribution in [-0.2, 0) is 5.54 Å². The maximum Gasteiger partial charge on any atom is 0.139 e. The van der Waals surface area contributed by atoms with Crippen molar-refractivity contribution in [1.29, 1.82) is 0 Å². The number of aliphatic hydroxyl groups is 1. The molecule has 0 aliphatic carbocycles. The largest absolute Gasteiger partial charge is 0.399 e. The number of aromatic nitrogens is 2. The number of benzene rings is 1. The number of nitrogens with two attached hydrogens (primary N) is 1. The van der Waals surface area contributed by atoms with Crippen molar-refractivity contribution in [1.82, 2.24) is 9.55 Å². The highest BCUT2D eigenvalue weighted by Crippen LogP contribution is 2.32. The van der Waals surface area contributed by atoms with Crippen LogP contribution in [0.15, 0.2) is 18.2 Å². The molecule has 4 heteroatoms. The molecule has 19 heavy (non-hydrogen) atoms. The van der Waals surface area contributed by atoms with Gasteiger partial charge in [0.15, 0.2) is 0 Å². The van der Waals surface area contributed by atoms with Gasteiger partial charge in [-0.05, 0) is 45.4 Å². The van der Waals surface area contributed by atoms with Crippen LogP contribution in [0.4, 0.5) is 5.69 Å². The smallest absolute Gasteiger partial charge is 0.139 e. The highest BCUT2D eigenvalue weighted by Gasteiger charge is 2.26. The molecule has 3 N–H and O–H groups in total. The van der Waals surface area contributed by atoms with E-state index in [4.69, 9.17) is 5.73 Å². The molecule has 0 bridgehead atoms. The molecule has 1 atom stereocenters. The summed E-state index contributed by atoms with van der Waals surface area (Å²) in [5.41, 5.74) is 8.31. The van der Waals surface area contributed by atoms with Crippen LogP contribution >= 0.6 is 0 Å². The van der Waals surface area contributed by atoms with Crippen molar-refractivity contribution in [3.63, 3.8) is 0 Å². The topological polar surface area (TPSA) is 64.1 Å². The summed E-state index contributed by atoms with van der Waals surface area (Å²) in [7, 11) is 0. The summed E-state index contributed by atoms with van der Waals surface area (Å²) in [4.78, 5) is 4.55. The molecule has 2 rings (SSSR count). The summed E-state index contributed by atoms with van der Waals surface area (Å²) in [6.07, 6.45) is 1.52. The van der Waals surface area contributed by atoms with Gasteiger partial charge in [0.05, 0.1) is 11.0 Å². The Morgan fingerprint density at radius 1 is 1.42 bits per heavy atom. The Morgan fingerprint density at radius 2 is 2.11 bits per heavy atom. The van der Waals surface area contributed by atoms with Gasteiger partial charge in [-0.2, -0.15) is 0 Å². The van der Waals surface area contributed by atoms with E-state index >= 15 is 0 Å². The molecule has 0 fully saturated rings. The van der Waals surface area contributed by atoms with E-state index in [-0.39, 0.29) is 5.54 Å². The Bertz CT molecular complexity index is 584. The highest BCUT2D eigenvalue weighted by molar-refractivity contribution is 5.80. The minimum atomic E-state index is -0.593. The van der Waals surface area contributed by atoms with E-state index in [9.17, 15) is 5.11 Å². The lowest BCUT2D eigenvalue weighted by Gasteiger charge is -2.30. The van der Waals surface area contributed by atoms with E-state index in [1.54, 1.807) is 6.92 Å². The van der Waals surface area contributed by atoms with Crippen LogP contribution in [0.5, 0.6) is 0 Å². The van der Waals surface area contributed by atoms with E-state index in [1.807, 2.05) is 18.2 Å². The molecule has 1 unspecified atom stereocenters. The third kappa shape index (κ3) is 2.45. The molecule has 1 heterocycles. The van der Waals surface area contributed by atoms with Crippen LogP contribution in [0.2, 0.25) is 0 Å². The number of nitrogens with zero attached hydrogens (tertiary/aromatic N) is 2. The Balaban J connectivity index is 2.72. The van der Waals surface area contributed by atoms with Gasteiger partial charge in [-0.3, -0.25) is 0 Å². The number of rotatable bonds is 4. The molecule has 0 spiro atoms. The first-order valence-corrected chi connectivity index (χ1v) is 6.83. The summed E-state index contributed by atoms with van der Waals surface area (Å²) < 4.78 is 2.15. The molecule has 1 aromatic heterocycles. The summed E-state index contributed by atoms with van der Waals surface area (Å²) in [5, 5.41) is 9.99. The lowest BCUT2D eigenvalue weighted by molar-refractivity contribution is 0.172. The molecule has 104 valence electrons. The maximum absolute atomic E-state index is 9.99. The van der Waals surface area contributed by atoms with Gasteiger partial charge in [0.25, 0.3) is 0 Å². The Labute approximate surface area is 114 Å². The van der Waals surface area contributed by atoms with Gasteiger partial charge in [0.2, 0.25) is 0 Å². The van der Waals surface area contributed by atoms with Crippen molar-refractivity contribution < 1.29 is 5.11 Å². The number of hydrogen-bond donors (Lipinski definition) is 2. The first kappa shape index (κ1) is 13.9. The Morgan fingerprint density at radius 3 is 2.68 bits per heavy atom. The molecular weight excluding hydrogens is 238 g/mol. The van der Waals surface area contributed by atoms with Crippen LogP contribution in [0.3, 0.4) is 0 Å². The minimum Gasteiger partial charge on any atom is -0.399 e. The summed E-state index contributed by atoms with van der Waals surface area (Å²) in [6.45, 7) is 8.28. The van der Waals surface area contributed by atoms with Crippen molar-refractivity contribution in [3.05, 3.63) is 24.0 Å². The number of aliphatic hydroxyl groups excluding tert-OH is 1. The molecule has 2 aromatic rings. The first-order chi connectivity index (χ1) is 8.86. The number of nitrogen functional groups attached to an aromatic ring is 1. The first-order valence-electron chi connectivity index (χ1n) is 6.83. The fraction of sp³-hybridized carbons (Fsp3) is 0.533. The van der Waals surface area contributed by atoms with E-state index < -0.39 is 6.10 Å². The molecule has 0 aliphatic heterocycles. The van der Waals surface area contributed by atoms with Crippen molar-refractivity contribution >= 4 is 16.7 Å². The van der Waals surface area contributed by atoms with E-state index in [2.05, 4.69) is 30.3 Å². The zero-order chi connectivity index (χ0) is 14.2. The third-order valence-corrected chi connectivity index (χ3v) is 3.55. The molecule has 1 aromatic carbocycles. The fourth-order valence-electron chi connectivity index (χ4n) is 2.76. The quantitative estimate of drug-likeness (QED) is 0.831. The van der Waals surface area contributed by atoms with Gasteiger partial charge in [0.1, 0.15) is 11.9 Å². The average Bonchev–Trinajstić information content (AvgIpc) is 2.67. The molecule has 4 nitrogen and oxygen atoms in total. The van der Waals surface area contributed by atoms with Gasteiger partial charge in [-0.25, -0.2) is 4.98 Å². The lowest BCUT2D eigenvalue weighted by atomic mass is 9.97. The second-order valence-corrected chi connectivity index (χ2v) is 5.79. The summed E-state index contributed by atoms with van der Waals surface area (Å²) >= 11 is 0. The molecule has 0 radical (unpaired) electrons. The van der Waals surface area contributed by atoms with Gasteiger partial charge in [-0.15, -0.1) is 0 Å². The van der Waals surface area contributed by atoms with Crippen LogP contribution in [0.25, 0.3) is 11.0 Å². The fourth-order valence-corrected chi connectivity index (χ4v) is 2.76. The highest BCUT2D eigenvalue weighted by atomic mass is 16.3. The SMILES string of the molecule is CCCC(C)(C)n1c(C(C)O)nc2cc(N)ccc21. The van der Waals surface area contributed by atoms with Crippen molar-refractivity contribution in [3.8, 4) is 0 Å². The van der Waals surface area contributed by atoms with Crippen LogP contribution in [0.1, 0.15) is 52.5 Å². The monoisotopic (exact) mass is 261 g/mol. The molecule has 0 saturated carbocycles. The maximum atomic E-state index is 9.99. The lowest BCUT2D eigenvalue weighted by Crippen LogP contribution is -2.28. The Kier molecular flexibility index (Phi) is 3.54. The van der Waals surface area contributed by atoms with Crippen molar-refractivity contribution in [2.24, 2.45) is 0 Å². The number of imidazole rings is 1. The van der Waals surface area contributed by atoms with Crippen molar-refractivity contribution in [2.75, 3.05) is 5.73 Å². The van der Waals surface area contributed by atoms with Crippen LogP contribution in [-0.4, -0.2) is 14.7 Å². The summed E-state index contributed by atoms with van der Waals surface area (Å²) in [6, 6.07) is 5.73. The third-order valence-electron chi connectivity index (χ3n) is 3.55. The molecule has 0 saturated heterocycles. The zero-order valence-corrected chi connectivity index (χ0v) is 12.1. The number of fused-ring (bicyclic) bond motifs is 1. The predicted octanol–water partition coefficient (Wildman–Crippen LogP) is 3.21.